The summed E-state index contributed by atoms with van der Waals surface area (Å²) < 4.78 is 0. The maximum atomic E-state index is 13.4. The van der Waals surface area contributed by atoms with E-state index < -0.39 is 11.2 Å². The van der Waals surface area contributed by atoms with Crippen molar-refractivity contribution in [3.05, 3.63) is 11.6 Å². The molecule has 0 aromatic carbocycles. The second-order valence-corrected chi connectivity index (χ2v) is 15.3. The largest absolute Gasteiger partial charge is 0.393 e. The van der Waals surface area contributed by atoms with Gasteiger partial charge in [0.1, 0.15) is 5.60 Å². The van der Waals surface area contributed by atoms with Crippen molar-refractivity contribution in [1.29, 1.82) is 0 Å². The number of rotatable bonds is 5. The minimum atomic E-state index is -1.42. The van der Waals surface area contributed by atoms with Crippen molar-refractivity contribution in [3.63, 3.8) is 0 Å². The van der Waals surface area contributed by atoms with E-state index in [2.05, 4.69) is 54.5 Å². The number of carbonyl (C=O) groups excluding carboxylic acids is 1. The highest BCUT2D eigenvalue weighted by Gasteiger charge is 2.75. The summed E-state index contributed by atoms with van der Waals surface area (Å²) >= 11 is 0. The first-order valence-electron chi connectivity index (χ1n) is 14.6. The lowest BCUT2D eigenvalue weighted by atomic mass is 9.33. The number of hydrogen-bond acceptors (Lipinski definition) is 4. The summed E-state index contributed by atoms with van der Waals surface area (Å²) in [6.07, 6.45) is 9.48. The van der Waals surface area contributed by atoms with Gasteiger partial charge in [-0.2, -0.15) is 0 Å². The Balaban J connectivity index is 1.79. The molecule has 0 aliphatic heterocycles. The van der Waals surface area contributed by atoms with Crippen LogP contribution in [0.3, 0.4) is 0 Å². The Hall–Kier alpha value is -0.710. The molecule has 3 N–H and O–H groups in total. The van der Waals surface area contributed by atoms with Crippen LogP contribution < -0.4 is 0 Å². The van der Waals surface area contributed by atoms with Gasteiger partial charge in [0.25, 0.3) is 0 Å². The number of Topliss-reactive ketones (excluding diaryl/α,β-unsaturated/α-hetero) is 1. The van der Waals surface area contributed by atoms with Crippen LogP contribution in [-0.4, -0.2) is 38.4 Å². The van der Waals surface area contributed by atoms with Crippen LogP contribution in [0.2, 0.25) is 0 Å². The van der Waals surface area contributed by atoms with Crippen LogP contribution in [0.5, 0.6) is 0 Å². The van der Waals surface area contributed by atoms with E-state index in [0.717, 1.165) is 44.9 Å². The molecule has 4 heteroatoms. The average molecular weight is 503 g/mol. The summed E-state index contributed by atoms with van der Waals surface area (Å²) in [5.41, 5.74) is -1.56. The third-order valence-corrected chi connectivity index (χ3v) is 13.0. The molecule has 4 fully saturated rings. The van der Waals surface area contributed by atoms with Crippen molar-refractivity contribution in [2.75, 3.05) is 0 Å². The molecule has 4 saturated carbocycles. The van der Waals surface area contributed by atoms with Gasteiger partial charge in [-0.25, -0.2) is 0 Å². The second kappa shape index (κ2) is 8.65. The Morgan fingerprint density at radius 2 is 1.56 bits per heavy atom. The Bertz CT molecular complexity index is 915. The number of aliphatic hydroxyl groups is 3. The third-order valence-electron chi connectivity index (χ3n) is 13.0. The van der Waals surface area contributed by atoms with Crippen LogP contribution in [0.1, 0.15) is 120 Å². The van der Waals surface area contributed by atoms with Crippen molar-refractivity contribution >= 4 is 5.78 Å². The SMILES string of the molecule is CC(=O)[C@@]1(O)C[C@@H]2[C@@]3(C)CC[C@H](O)C(C)(C)[C@@H]3CC[C@@]2(C)[C@]2(C)CC[C@H]([C@@](C)(O)CCC=C(C)C)[C@@H]12. The first-order chi connectivity index (χ1) is 16.4. The highest BCUT2D eigenvalue weighted by Crippen LogP contribution is 2.77. The summed E-state index contributed by atoms with van der Waals surface area (Å²) in [5, 5.41) is 35.2. The van der Waals surface area contributed by atoms with Crippen LogP contribution in [0, 0.1) is 45.3 Å². The lowest BCUT2D eigenvalue weighted by molar-refractivity contribution is -0.266. The molecule has 0 bridgehead atoms. The molecule has 36 heavy (non-hydrogen) atoms. The zero-order chi connectivity index (χ0) is 27.1. The number of hydrogen-bond donors (Lipinski definition) is 3. The van der Waals surface area contributed by atoms with E-state index in [-0.39, 0.29) is 51.3 Å². The van der Waals surface area contributed by atoms with Crippen molar-refractivity contribution in [3.8, 4) is 0 Å². The summed E-state index contributed by atoms with van der Waals surface area (Å²) in [6, 6.07) is 0. The van der Waals surface area contributed by atoms with Gasteiger partial charge in [0.15, 0.2) is 5.78 Å². The zero-order valence-electron chi connectivity index (χ0n) is 24.6. The highest BCUT2D eigenvalue weighted by atomic mass is 16.3. The maximum absolute atomic E-state index is 13.4. The monoisotopic (exact) mass is 502 g/mol. The number of carbonyl (C=O) groups is 1. The fourth-order valence-electron chi connectivity index (χ4n) is 10.7. The van der Waals surface area contributed by atoms with E-state index >= 15 is 0 Å². The van der Waals surface area contributed by atoms with Gasteiger partial charge in [-0.15, -0.1) is 0 Å². The van der Waals surface area contributed by atoms with Crippen molar-refractivity contribution in [1.82, 2.24) is 0 Å². The van der Waals surface area contributed by atoms with E-state index in [1.54, 1.807) is 6.92 Å². The van der Waals surface area contributed by atoms with Gasteiger partial charge in [-0.3, -0.25) is 4.79 Å². The molecule has 4 nitrogen and oxygen atoms in total. The molecule has 0 aromatic rings. The number of ketones is 1. The van der Waals surface area contributed by atoms with Crippen LogP contribution in [0.15, 0.2) is 11.6 Å². The Morgan fingerprint density at radius 3 is 2.14 bits per heavy atom. The molecule has 0 amide bonds. The second-order valence-electron chi connectivity index (χ2n) is 15.3. The molecule has 0 unspecified atom stereocenters. The van der Waals surface area contributed by atoms with E-state index in [0.29, 0.717) is 18.8 Å². The van der Waals surface area contributed by atoms with Crippen LogP contribution in [0.4, 0.5) is 0 Å². The molecule has 4 aliphatic rings. The van der Waals surface area contributed by atoms with E-state index in [1.807, 2.05) is 6.92 Å². The minimum Gasteiger partial charge on any atom is -0.393 e. The van der Waals surface area contributed by atoms with Gasteiger partial charge in [-0.05, 0) is 125 Å². The van der Waals surface area contributed by atoms with Crippen LogP contribution in [-0.2, 0) is 4.79 Å². The van der Waals surface area contributed by atoms with E-state index in [9.17, 15) is 20.1 Å². The predicted molar refractivity (Wildman–Crippen MR) is 145 cm³/mol. The van der Waals surface area contributed by atoms with Crippen LogP contribution in [0.25, 0.3) is 0 Å². The number of aliphatic hydroxyl groups excluding tert-OH is 1. The Kier molecular flexibility index (Phi) is 6.80. The van der Waals surface area contributed by atoms with Crippen molar-refractivity contribution in [2.24, 2.45) is 45.3 Å². The summed E-state index contributed by atoms with van der Waals surface area (Å²) in [5.74, 6) is 0.101. The zero-order valence-corrected chi connectivity index (χ0v) is 24.6. The third kappa shape index (κ3) is 3.74. The van der Waals surface area contributed by atoms with Gasteiger partial charge in [0.05, 0.1) is 11.7 Å². The quantitative estimate of drug-likeness (QED) is 0.377. The molecular formula is C32H54O4. The molecule has 4 rings (SSSR count). The van der Waals surface area contributed by atoms with Gasteiger partial charge >= 0.3 is 0 Å². The fourth-order valence-corrected chi connectivity index (χ4v) is 10.7. The minimum absolute atomic E-state index is 0.0201. The lowest BCUT2D eigenvalue weighted by Gasteiger charge is -2.72. The van der Waals surface area contributed by atoms with Gasteiger partial charge in [0.2, 0.25) is 0 Å². The Morgan fingerprint density at radius 1 is 0.944 bits per heavy atom. The predicted octanol–water partition coefficient (Wildman–Crippen LogP) is 6.46. The molecule has 0 heterocycles. The standard InChI is InChI=1S/C32H54O4/c1-20(2)11-10-15-31(9,35)22-12-17-30(8)26(22)32(36,21(3)33)19-24-28(6)16-14-25(34)27(4,5)23(28)13-18-29(24,30)7/h11,22-26,34-36H,10,12-19H2,1-9H3/t22-,23-,24+,25-,26+,28-,29+,30+,31-,32-/m0/s1. The average Bonchev–Trinajstić information content (AvgIpc) is 3.14. The molecule has 0 radical (unpaired) electrons. The first kappa shape index (κ1) is 28.3. The van der Waals surface area contributed by atoms with Gasteiger partial charge < -0.3 is 15.3 Å². The van der Waals surface area contributed by atoms with Crippen molar-refractivity contribution < 1.29 is 20.1 Å². The molecule has 0 spiro atoms. The normalized spacial score (nSPS) is 49.3. The molecule has 0 saturated heterocycles. The smallest absolute Gasteiger partial charge is 0.161 e. The van der Waals surface area contributed by atoms with E-state index in [4.69, 9.17) is 0 Å². The molecule has 10 atom stereocenters. The van der Waals surface area contributed by atoms with E-state index in [1.165, 1.54) is 5.57 Å². The number of fused-ring (bicyclic) bond motifs is 5. The Labute approximate surface area is 220 Å². The molecule has 4 aliphatic carbocycles. The topological polar surface area (TPSA) is 77.8 Å². The summed E-state index contributed by atoms with van der Waals surface area (Å²) in [7, 11) is 0. The molecule has 206 valence electrons. The highest BCUT2D eigenvalue weighted by molar-refractivity contribution is 5.85. The molecule has 0 aromatic heterocycles. The first-order valence-corrected chi connectivity index (χ1v) is 14.6. The lowest BCUT2D eigenvalue weighted by Crippen LogP contribution is -2.71. The van der Waals surface area contributed by atoms with Crippen molar-refractivity contribution in [2.45, 2.75) is 137 Å². The number of allylic oxidation sites excluding steroid dienone is 2. The van der Waals surface area contributed by atoms with Gasteiger partial charge in [0, 0.05) is 5.92 Å². The molecular weight excluding hydrogens is 448 g/mol. The van der Waals surface area contributed by atoms with Gasteiger partial charge in [-0.1, -0.05) is 46.3 Å². The van der Waals surface area contributed by atoms with Crippen LogP contribution >= 0.6 is 0 Å². The fraction of sp³-hybridized carbons (Fsp3) is 0.906. The maximum Gasteiger partial charge on any atom is 0.161 e. The summed E-state index contributed by atoms with van der Waals surface area (Å²) in [6.45, 7) is 19.3. The summed E-state index contributed by atoms with van der Waals surface area (Å²) in [4.78, 5) is 13.4.